The molecule has 0 bridgehead atoms. The Morgan fingerprint density at radius 1 is 1.42 bits per heavy atom. The van der Waals surface area contributed by atoms with Crippen molar-refractivity contribution in [3.8, 4) is 11.5 Å². The van der Waals surface area contributed by atoms with Crippen molar-refractivity contribution in [3.63, 3.8) is 0 Å². The van der Waals surface area contributed by atoms with Gasteiger partial charge in [0, 0.05) is 5.56 Å². The Balaban J connectivity index is 2.13. The largest absolute Gasteiger partial charge is 0.586 e. The number of ketones is 1. The number of hydrogen-bond acceptors (Lipinski definition) is 5. The highest BCUT2D eigenvalue weighted by Crippen LogP contribution is 2.41. The number of thioether (sulfide) groups is 1. The maximum absolute atomic E-state index is 12.8. The zero-order chi connectivity index (χ0) is 14.0. The van der Waals surface area contributed by atoms with Gasteiger partial charge in [-0.15, -0.1) is 8.78 Å². The highest BCUT2D eigenvalue weighted by atomic mass is 32.2. The number of fused-ring (bicyclic) bond motifs is 1. The summed E-state index contributed by atoms with van der Waals surface area (Å²) in [4.78, 5) is 12.0. The third-order valence-corrected chi connectivity index (χ3v) is 3.30. The minimum atomic E-state index is -3.68. The highest BCUT2D eigenvalue weighted by molar-refractivity contribution is 7.98. The van der Waals surface area contributed by atoms with Crippen LogP contribution in [0.4, 0.5) is 8.78 Å². The molecule has 0 saturated carbocycles. The third kappa shape index (κ3) is 3.16. The first kappa shape index (κ1) is 14.1. The molecule has 4 nitrogen and oxygen atoms in total. The van der Waals surface area contributed by atoms with Gasteiger partial charge in [0.25, 0.3) is 0 Å². The summed E-state index contributed by atoms with van der Waals surface area (Å²) in [5.74, 6) is 0.234. The van der Waals surface area contributed by atoms with Crippen molar-refractivity contribution >= 4 is 17.5 Å². The van der Waals surface area contributed by atoms with Crippen molar-refractivity contribution in [2.75, 3.05) is 12.0 Å². The SMILES string of the molecule is CSCC[C@H](N)C(=O)c1ccc2c(c1)OC(F)(F)O2. The van der Waals surface area contributed by atoms with E-state index in [1.807, 2.05) is 6.26 Å². The van der Waals surface area contributed by atoms with Crippen LogP contribution in [0.3, 0.4) is 0 Å². The van der Waals surface area contributed by atoms with E-state index in [-0.39, 0.29) is 22.8 Å². The molecule has 1 atom stereocenters. The van der Waals surface area contributed by atoms with E-state index >= 15 is 0 Å². The van der Waals surface area contributed by atoms with Crippen LogP contribution in [0.2, 0.25) is 0 Å². The average molecular weight is 289 g/mol. The Kier molecular flexibility index (Phi) is 3.96. The van der Waals surface area contributed by atoms with Gasteiger partial charge in [-0.25, -0.2) is 0 Å². The molecule has 104 valence electrons. The fourth-order valence-electron chi connectivity index (χ4n) is 1.69. The first-order valence-corrected chi connectivity index (χ1v) is 7.01. The van der Waals surface area contributed by atoms with E-state index in [1.54, 1.807) is 11.8 Å². The predicted molar refractivity (Wildman–Crippen MR) is 67.9 cm³/mol. The van der Waals surface area contributed by atoms with Crippen molar-refractivity contribution in [2.24, 2.45) is 5.73 Å². The third-order valence-electron chi connectivity index (χ3n) is 2.66. The van der Waals surface area contributed by atoms with Gasteiger partial charge in [0.05, 0.1) is 6.04 Å². The molecule has 2 rings (SSSR count). The van der Waals surface area contributed by atoms with Gasteiger partial charge in [0.1, 0.15) is 0 Å². The number of carbonyl (C=O) groups excluding carboxylic acids is 1. The molecular weight excluding hydrogens is 276 g/mol. The first-order chi connectivity index (χ1) is 8.93. The number of alkyl halides is 2. The van der Waals surface area contributed by atoms with E-state index in [0.29, 0.717) is 6.42 Å². The van der Waals surface area contributed by atoms with E-state index in [1.165, 1.54) is 18.2 Å². The van der Waals surface area contributed by atoms with Crippen LogP contribution in [0.1, 0.15) is 16.8 Å². The van der Waals surface area contributed by atoms with Gasteiger partial charge in [-0.3, -0.25) is 4.79 Å². The number of carbonyl (C=O) groups is 1. The number of halogens is 2. The Hall–Kier alpha value is -1.34. The highest BCUT2D eigenvalue weighted by Gasteiger charge is 2.43. The van der Waals surface area contributed by atoms with Crippen molar-refractivity contribution in [1.82, 2.24) is 0 Å². The molecule has 1 aliphatic heterocycles. The molecule has 0 aromatic heterocycles. The zero-order valence-corrected chi connectivity index (χ0v) is 11.0. The number of hydrogen-bond donors (Lipinski definition) is 1. The molecule has 1 aromatic carbocycles. The van der Waals surface area contributed by atoms with E-state index in [4.69, 9.17) is 5.73 Å². The van der Waals surface area contributed by atoms with E-state index in [9.17, 15) is 13.6 Å². The number of Topliss-reactive ketones (excluding diaryl/α,β-unsaturated/α-hetero) is 1. The molecule has 2 N–H and O–H groups in total. The fraction of sp³-hybridized carbons (Fsp3) is 0.417. The van der Waals surface area contributed by atoms with E-state index in [0.717, 1.165) is 5.75 Å². The van der Waals surface area contributed by atoms with E-state index in [2.05, 4.69) is 9.47 Å². The lowest BCUT2D eigenvalue weighted by atomic mass is 10.0. The minimum absolute atomic E-state index is 0.0840. The molecule has 0 radical (unpaired) electrons. The summed E-state index contributed by atoms with van der Waals surface area (Å²) in [5.41, 5.74) is 5.99. The molecule has 1 aliphatic rings. The number of nitrogens with two attached hydrogens (primary N) is 1. The van der Waals surface area contributed by atoms with Crippen LogP contribution in [0, 0.1) is 0 Å². The molecule has 19 heavy (non-hydrogen) atoms. The van der Waals surface area contributed by atoms with Gasteiger partial charge in [-0.1, -0.05) is 0 Å². The Labute approximate surface area is 113 Å². The topological polar surface area (TPSA) is 61.6 Å². The minimum Gasteiger partial charge on any atom is -0.395 e. The summed E-state index contributed by atoms with van der Waals surface area (Å²) in [6.07, 6.45) is -1.23. The monoisotopic (exact) mass is 289 g/mol. The normalized spacial score (nSPS) is 17.3. The molecule has 7 heteroatoms. The standard InChI is InChI=1S/C12H13F2NO3S/c1-19-5-4-8(15)11(16)7-2-3-9-10(6-7)18-12(13,14)17-9/h2-3,6,8H,4-5,15H2,1H3/t8-/m0/s1. The van der Waals surface area contributed by atoms with E-state index < -0.39 is 12.3 Å². The number of ether oxygens (including phenoxy) is 2. The Bertz CT molecular complexity index is 496. The molecule has 0 saturated heterocycles. The summed E-state index contributed by atoms with van der Waals surface area (Å²) >= 11 is 1.59. The maximum atomic E-state index is 12.8. The van der Waals surface area contributed by atoms with Crippen LogP contribution in [0.5, 0.6) is 11.5 Å². The molecule has 0 aliphatic carbocycles. The molecule has 0 spiro atoms. The second-order valence-corrected chi connectivity index (χ2v) is 5.07. The zero-order valence-electron chi connectivity index (χ0n) is 10.2. The second-order valence-electron chi connectivity index (χ2n) is 4.08. The van der Waals surface area contributed by atoms with Crippen LogP contribution in [0.15, 0.2) is 18.2 Å². The van der Waals surface area contributed by atoms with Crippen LogP contribution in [0.25, 0.3) is 0 Å². The van der Waals surface area contributed by atoms with Crippen molar-refractivity contribution < 1.29 is 23.0 Å². The van der Waals surface area contributed by atoms with Crippen molar-refractivity contribution in [2.45, 2.75) is 18.8 Å². The first-order valence-electron chi connectivity index (χ1n) is 5.61. The maximum Gasteiger partial charge on any atom is 0.586 e. The number of benzene rings is 1. The molecule has 1 aromatic rings. The van der Waals surface area contributed by atoms with Gasteiger partial charge in [-0.2, -0.15) is 11.8 Å². The summed E-state index contributed by atoms with van der Waals surface area (Å²) in [7, 11) is 0. The Morgan fingerprint density at radius 2 is 2.11 bits per heavy atom. The van der Waals surface area contributed by atoms with Crippen LogP contribution < -0.4 is 15.2 Å². The average Bonchev–Trinajstić information content (AvgIpc) is 2.67. The number of rotatable bonds is 5. The summed E-state index contributed by atoms with van der Waals surface area (Å²) in [5, 5.41) is 0. The second kappa shape index (κ2) is 5.34. The van der Waals surface area contributed by atoms with Gasteiger partial charge in [0.2, 0.25) is 0 Å². The Morgan fingerprint density at radius 3 is 2.79 bits per heavy atom. The lowest BCUT2D eigenvalue weighted by Crippen LogP contribution is -2.31. The molecule has 0 unspecified atom stereocenters. The lowest BCUT2D eigenvalue weighted by molar-refractivity contribution is -0.286. The van der Waals surface area contributed by atoms with Crippen LogP contribution >= 0.6 is 11.8 Å². The molecule has 0 fully saturated rings. The molecular formula is C12H13F2NO3S. The van der Waals surface area contributed by atoms with Gasteiger partial charge in [0.15, 0.2) is 17.3 Å². The quantitative estimate of drug-likeness (QED) is 0.843. The van der Waals surface area contributed by atoms with Gasteiger partial charge >= 0.3 is 6.29 Å². The fourth-order valence-corrected chi connectivity index (χ4v) is 2.18. The predicted octanol–water partition coefficient (Wildman–Crippen LogP) is 2.27. The van der Waals surface area contributed by atoms with Gasteiger partial charge in [-0.05, 0) is 36.6 Å². The summed E-state index contributed by atoms with van der Waals surface area (Å²) in [6, 6.07) is 3.28. The summed E-state index contributed by atoms with van der Waals surface area (Å²) in [6.45, 7) is 0. The van der Waals surface area contributed by atoms with Crippen LogP contribution in [-0.4, -0.2) is 30.1 Å². The van der Waals surface area contributed by atoms with Gasteiger partial charge < -0.3 is 15.2 Å². The molecule has 1 heterocycles. The molecule has 0 amide bonds. The smallest absolute Gasteiger partial charge is 0.395 e. The van der Waals surface area contributed by atoms with Crippen molar-refractivity contribution in [3.05, 3.63) is 23.8 Å². The summed E-state index contributed by atoms with van der Waals surface area (Å²) < 4.78 is 34.2. The van der Waals surface area contributed by atoms with Crippen molar-refractivity contribution in [1.29, 1.82) is 0 Å². The van der Waals surface area contributed by atoms with Crippen LogP contribution in [-0.2, 0) is 0 Å². The lowest BCUT2D eigenvalue weighted by Gasteiger charge is -2.09.